The molecule has 0 radical (unpaired) electrons. The van der Waals surface area contributed by atoms with Gasteiger partial charge in [0, 0.05) is 17.5 Å². The number of carbonyl (C=O) groups is 1. The van der Waals surface area contributed by atoms with E-state index in [1.54, 1.807) is 23.5 Å². The highest BCUT2D eigenvalue weighted by Gasteiger charge is 2.32. The number of hydrogen-bond acceptors (Lipinski definition) is 2. The van der Waals surface area contributed by atoms with Gasteiger partial charge in [0.15, 0.2) is 0 Å². The summed E-state index contributed by atoms with van der Waals surface area (Å²) in [4.78, 5) is 15.8. The average Bonchev–Trinajstić information content (AvgIpc) is 3.17. The normalized spacial score (nSPS) is 14.1. The minimum atomic E-state index is -0.261. The average molecular weight is 303 g/mol. The van der Waals surface area contributed by atoms with Gasteiger partial charge in [-0.05, 0) is 48.4 Å². The number of carbonyl (C=O) groups excluding carboxylic acids is 1. The third-order valence-electron chi connectivity index (χ3n) is 3.76. The minimum Gasteiger partial charge on any atom is -0.339 e. The van der Waals surface area contributed by atoms with Gasteiger partial charge in [-0.1, -0.05) is 18.2 Å². The predicted octanol–water partition coefficient (Wildman–Crippen LogP) is 3.66. The summed E-state index contributed by atoms with van der Waals surface area (Å²) in [6, 6.07) is 10.8. The second-order valence-electron chi connectivity index (χ2n) is 5.45. The van der Waals surface area contributed by atoms with Crippen molar-refractivity contribution in [2.45, 2.75) is 31.7 Å². The molecule has 0 bridgehead atoms. The first-order valence-electron chi connectivity index (χ1n) is 7.28. The Morgan fingerprint density at radius 3 is 2.62 bits per heavy atom. The van der Waals surface area contributed by atoms with E-state index in [1.807, 2.05) is 11.0 Å². The minimum absolute atomic E-state index is 0.153. The van der Waals surface area contributed by atoms with Crippen LogP contribution in [0.5, 0.6) is 0 Å². The number of benzene rings is 1. The molecule has 1 aliphatic rings. The van der Waals surface area contributed by atoms with E-state index >= 15 is 0 Å². The van der Waals surface area contributed by atoms with Gasteiger partial charge < -0.3 is 4.90 Å². The molecular weight excluding hydrogens is 285 g/mol. The largest absolute Gasteiger partial charge is 0.339 e. The lowest BCUT2D eigenvalue weighted by molar-refractivity contribution is -0.131. The van der Waals surface area contributed by atoms with E-state index in [2.05, 4.69) is 11.4 Å². The van der Waals surface area contributed by atoms with Gasteiger partial charge in [0.2, 0.25) is 5.91 Å². The van der Waals surface area contributed by atoms with Crippen LogP contribution in [0.3, 0.4) is 0 Å². The lowest BCUT2D eigenvalue weighted by atomic mass is 10.1. The maximum atomic E-state index is 12.9. The quantitative estimate of drug-likeness (QED) is 0.797. The molecule has 0 unspecified atom stereocenters. The lowest BCUT2D eigenvalue weighted by Gasteiger charge is -2.22. The summed E-state index contributed by atoms with van der Waals surface area (Å²) in [5, 5.41) is 2.07. The molecule has 2 nitrogen and oxygen atoms in total. The zero-order chi connectivity index (χ0) is 14.7. The Morgan fingerprint density at radius 1 is 1.24 bits per heavy atom. The molecule has 21 heavy (non-hydrogen) atoms. The summed E-state index contributed by atoms with van der Waals surface area (Å²) in [7, 11) is 0. The number of halogens is 1. The van der Waals surface area contributed by atoms with Gasteiger partial charge in [-0.15, -0.1) is 11.3 Å². The van der Waals surface area contributed by atoms with Gasteiger partial charge in [-0.3, -0.25) is 4.79 Å². The Balaban J connectivity index is 1.60. The molecule has 1 amide bonds. The van der Waals surface area contributed by atoms with Crippen LogP contribution in [0.2, 0.25) is 0 Å². The first kappa shape index (κ1) is 14.3. The summed E-state index contributed by atoms with van der Waals surface area (Å²) < 4.78 is 12.9. The van der Waals surface area contributed by atoms with Gasteiger partial charge in [0.25, 0.3) is 0 Å². The first-order valence-corrected chi connectivity index (χ1v) is 8.16. The number of amides is 1. The molecule has 1 heterocycles. The third-order valence-corrected chi connectivity index (χ3v) is 4.69. The number of thiophene rings is 1. The van der Waals surface area contributed by atoms with Crippen molar-refractivity contribution >= 4 is 17.2 Å². The van der Waals surface area contributed by atoms with Crippen molar-refractivity contribution in [3.8, 4) is 0 Å². The van der Waals surface area contributed by atoms with Crippen molar-refractivity contribution in [3.05, 3.63) is 58.0 Å². The van der Waals surface area contributed by atoms with E-state index in [0.717, 1.165) is 31.4 Å². The van der Waals surface area contributed by atoms with Crippen LogP contribution in [0.15, 0.2) is 41.8 Å². The third kappa shape index (κ3) is 3.91. The molecule has 1 aliphatic carbocycles. The summed E-state index contributed by atoms with van der Waals surface area (Å²) in [5.74, 6) is -0.108. The van der Waals surface area contributed by atoms with Crippen molar-refractivity contribution in [2.24, 2.45) is 0 Å². The molecule has 1 aromatic carbocycles. The van der Waals surface area contributed by atoms with Crippen LogP contribution in [0, 0.1) is 5.82 Å². The van der Waals surface area contributed by atoms with E-state index in [0.29, 0.717) is 12.5 Å². The highest BCUT2D eigenvalue weighted by molar-refractivity contribution is 7.09. The Kier molecular flexibility index (Phi) is 4.34. The molecule has 0 N–H and O–H groups in total. The number of hydrogen-bond donors (Lipinski definition) is 0. The zero-order valence-corrected chi connectivity index (χ0v) is 12.6. The van der Waals surface area contributed by atoms with Crippen molar-refractivity contribution in [1.82, 2.24) is 4.90 Å². The molecule has 2 aromatic rings. The molecule has 3 rings (SSSR count). The fraction of sp³-hybridized carbons (Fsp3) is 0.353. The van der Waals surface area contributed by atoms with Crippen LogP contribution in [-0.4, -0.2) is 23.4 Å². The zero-order valence-electron chi connectivity index (χ0n) is 11.8. The van der Waals surface area contributed by atoms with Gasteiger partial charge in [0.1, 0.15) is 5.82 Å². The van der Waals surface area contributed by atoms with Gasteiger partial charge in [-0.25, -0.2) is 4.39 Å². The molecule has 1 fully saturated rings. The Labute approximate surface area is 128 Å². The molecule has 0 spiro atoms. The summed E-state index contributed by atoms with van der Waals surface area (Å²) in [6.45, 7) is 0.783. The van der Waals surface area contributed by atoms with Gasteiger partial charge in [0.05, 0.1) is 6.42 Å². The molecule has 1 saturated carbocycles. The number of rotatable bonds is 6. The smallest absolute Gasteiger partial charge is 0.227 e. The Morgan fingerprint density at radius 2 is 2.00 bits per heavy atom. The maximum Gasteiger partial charge on any atom is 0.227 e. The van der Waals surface area contributed by atoms with E-state index in [1.165, 1.54) is 17.0 Å². The molecule has 1 aromatic heterocycles. The Hall–Kier alpha value is -1.68. The fourth-order valence-electron chi connectivity index (χ4n) is 2.46. The summed E-state index contributed by atoms with van der Waals surface area (Å²) in [5.41, 5.74) is 0.878. The highest BCUT2D eigenvalue weighted by Crippen LogP contribution is 2.28. The Bertz CT molecular complexity index is 590. The summed E-state index contributed by atoms with van der Waals surface area (Å²) in [6.07, 6.45) is 3.50. The molecule has 4 heteroatoms. The summed E-state index contributed by atoms with van der Waals surface area (Å²) >= 11 is 1.73. The van der Waals surface area contributed by atoms with Gasteiger partial charge >= 0.3 is 0 Å². The van der Waals surface area contributed by atoms with Crippen molar-refractivity contribution in [3.63, 3.8) is 0 Å². The molecular formula is C17H18FNOS. The highest BCUT2D eigenvalue weighted by atomic mass is 32.1. The van der Waals surface area contributed by atoms with Crippen molar-refractivity contribution in [1.29, 1.82) is 0 Å². The van der Waals surface area contributed by atoms with Crippen LogP contribution in [0.25, 0.3) is 0 Å². The topological polar surface area (TPSA) is 20.3 Å². The maximum absolute atomic E-state index is 12.9. The van der Waals surface area contributed by atoms with E-state index in [9.17, 15) is 9.18 Å². The second-order valence-corrected chi connectivity index (χ2v) is 6.48. The predicted molar refractivity (Wildman–Crippen MR) is 82.9 cm³/mol. The fourth-order valence-corrected chi connectivity index (χ4v) is 3.16. The number of nitrogens with zero attached hydrogens (tertiary/aromatic N) is 1. The van der Waals surface area contributed by atoms with Crippen molar-refractivity contribution in [2.75, 3.05) is 6.54 Å². The van der Waals surface area contributed by atoms with Crippen LogP contribution in [0.4, 0.5) is 4.39 Å². The van der Waals surface area contributed by atoms with E-state index in [4.69, 9.17) is 0 Å². The molecule has 0 aliphatic heterocycles. The SMILES string of the molecule is O=C(Cc1ccc(F)cc1)N(CCc1cccs1)C1CC1. The van der Waals surface area contributed by atoms with Crippen LogP contribution >= 0.6 is 11.3 Å². The lowest BCUT2D eigenvalue weighted by Crippen LogP contribution is -2.35. The molecule has 0 saturated heterocycles. The van der Waals surface area contributed by atoms with Crippen LogP contribution in [-0.2, 0) is 17.6 Å². The second kappa shape index (κ2) is 6.39. The first-order chi connectivity index (χ1) is 10.2. The monoisotopic (exact) mass is 303 g/mol. The van der Waals surface area contributed by atoms with Crippen molar-refractivity contribution < 1.29 is 9.18 Å². The van der Waals surface area contributed by atoms with Gasteiger partial charge in [-0.2, -0.15) is 0 Å². The standard InChI is InChI=1S/C17H18FNOS/c18-14-5-3-13(4-6-14)12-17(20)19(15-7-8-15)10-9-16-2-1-11-21-16/h1-6,11,15H,7-10,12H2. The van der Waals surface area contributed by atoms with E-state index in [-0.39, 0.29) is 11.7 Å². The molecule has 0 atom stereocenters. The van der Waals surface area contributed by atoms with Crippen LogP contribution < -0.4 is 0 Å². The van der Waals surface area contributed by atoms with E-state index < -0.39 is 0 Å². The molecule has 110 valence electrons. The van der Waals surface area contributed by atoms with Crippen LogP contribution in [0.1, 0.15) is 23.3 Å².